The molecule has 0 saturated heterocycles. The van der Waals surface area contributed by atoms with Crippen LogP contribution in [0.4, 0.5) is 0 Å². The van der Waals surface area contributed by atoms with Gasteiger partial charge in [0, 0.05) is 36.1 Å². The minimum atomic E-state index is -0.0871. The molecule has 1 atom stereocenters. The van der Waals surface area contributed by atoms with E-state index in [4.69, 9.17) is 4.74 Å². The van der Waals surface area contributed by atoms with Gasteiger partial charge in [-0.05, 0) is 65.1 Å². The van der Waals surface area contributed by atoms with E-state index in [9.17, 15) is 4.79 Å². The minimum absolute atomic E-state index is 0.0557. The van der Waals surface area contributed by atoms with E-state index in [1.54, 1.807) is 7.11 Å². The molecule has 0 aliphatic heterocycles. The number of hydrogen-bond donors (Lipinski definition) is 1. The van der Waals surface area contributed by atoms with Crippen molar-refractivity contribution >= 4 is 10.9 Å². The number of aromatic amines is 1. The zero-order valence-electron chi connectivity index (χ0n) is 22.5. The van der Waals surface area contributed by atoms with E-state index in [-0.39, 0.29) is 11.6 Å². The first-order valence-electron chi connectivity index (χ1n) is 13.4. The number of pyridine rings is 1. The number of methoxy groups -OCH3 is 1. The number of H-pyrrole nitrogens is 1. The fourth-order valence-electron chi connectivity index (χ4n) is 5.05. The maximum Gasteiger partial charge on any atom is 0.252 e. The number of ether oxygens (including phenoxy) is 1. The van der Waals surface area contributed by atoms with E-state index in [1.807, 2.05) is 53.2 Å². The molecule has 0 fully saturated rings. The van der Waals surface area contributed by atoms with Gasteiger partial charge in [0.2, 0.25) is 0 Å². The summed E-state index contributed by atoms with van der Waals surface area (Å²) in [4.78, 5) is 18.5. The molecule has 1 N–H and O–H groups in total. The highest BCUT2D eigenvalue weighted by Gasteiger charge is 2.25. The maximum atomic E-state index is 13.2. The summed E-state index contributed by atoms with van der Waals surface area (Å²) in [5, 5.41) is 13.8. The summed E-state index contributed by atoms with van der Waals surface area (Å²) in [5.41, 5.74) is 3.89. The Morgan fingerprint density at radius 3 is 2.36 bits per heavy atom. The van der Waals surface area contributed by atoms with E-state index in [2.05, 4.69) is 68.7 Å². The van der Waals surface area contributed by atoms with Crippen LogP contribution >= 0.6 is 0 Å². The second kappa shape index (κ2) is 12.5. The lowest BCUT2D eigenvalue weighted by atomic mass is 10.1. The second-order valence-corrected chi connectivity index (χ2v) is 9.70. The van der Waals surface area contributed by atoms with Crippen molar-refractivity contribution in [1.29, 1.82) is 0 Å². The van der Waals surface area contributed by atoms with Gasteiger partial charge >= 0.3 is 0 Å². The van der Waals surface area contributed by atoms with E-state index in [0.717, 1.165) is 48.3 Å². The number of fused-ring (bicyclic) bond motifs is 1. The van der Waals surface area contributed by atoms with Crippen molar-refractivity contribution in [3.8, 4) is 5.75 Å². The van der Waals surface area contributed by atoms with Crippen molar-refractivity contribution in [3.63, 3.8) is 0 Å². The number of aryl methyl sites for hydroxylation is 2. The maximum absolute atomic E-state index is 13.2. The van der Waals surface area contributed by atoms with Gasteiger partial charge in [-0.15, -0.1) is 5.10 Å². The molecule has 0 radical (unpaired) electrons. The van der Waals surface area contributed by atoms with Gasteiger partial charge in [-0.25, -0.2) is 4.68 Å². The quantitative estimate of drug-likeness (QED) is 0.249. The van der Waals surface area contributed by atoms with E-state index < -0.39 is 0 Å². The molecule has 0 spiro atoms. The summed E-state index contributed by atoms with van der Waals surface area (Å²) in [6, 6.07) is 28.4. The molecule has 0 bridgehead atoms. The fraction of sp³-hybridized carbons (Fsp3) is 0.290. The van der Waals surface area contributed by atoms with Crippen LogP contribution in [-0.4, -0.2) is 43.7 Å². The SMILES string of the molecule is CCC(c1nnnn1CCc1ccccc1)N(CCc1ccccc1)Cc1cc2cc(OC)ccc2[nH]c1=O. The number of tetrazole rings is 1. The molecule has 8 nitrogen and oxygen atoms in total. The molecule has 5 rings (SSSR count). The third kappa shape index (κ3) is 6.41. The molecule has 0 saturated carbocycles. The highest BCUT2D eigenvalue weighted by molar-refractivity contribution is 5.80. The number of rotatable bonds is 12. The van der Waals surface area contributed by atoms with Crippen LogP contribution < -0.4 is 10.3 Å². The molecule has 200 valence electrons. The third-order valence-electron chi connectivity index (χ3n) is 7.17. The van der Waals surface area contributed by atoms with Crippen LogP contribution in [0.15, 0.2) is 89.7 Å². The van der Waals surface area contributed by atoms with Crippen LogP contribution in [0.3, 0.4) is 0 Å². The van der Waals surface area contributed by atoms with Gasteiger partial charge in [0.05, 0.1) is 13.2 Å². The Morgan fingerprint density at radius 2 is 1.67 bits per heavy atom. The Labute approximate surface area is 228 Å². The largest absolute Gasteiger partial charge is 0.497 e. The summed E-state index contributed by atoms with van der Waals surface area (Å²) >= 11 is 0. The molecule has 0 aliphatic rings. The van der Waals surface area contributed by atoms with Gasteiger partial charge in [0.1, 0.15) is 5.75 Å². The van der Waals surface area contributed by atoms with Crippen LogP contribution in [0.1, 0.15) is 41.9 Å². The standard InChI is InChI=1S/C31H34N6O2/c1-3-29(30-33-34-35-37(30)19-17-24-12-8-5-9-13-24)36(18-16-23-10-6-4-7-11-23)22-26-20-25-21-27(39-2)14-15-28(25)32-31(26)38/h4-15,20-21,29H,3,16-19,22H2,1-2H3,(H,32,38). The number of hydrogen-bond acceptors (Lipinski definition) is 6. The second-order valence-electron chi connectivity index (χ2n) is 9.70. The predicted octanol–water partition coefficient (Wildman–Crippen LogP) is 4.96. The Morgan fingerprint density at radius 1 is 0.949 bits per heavy atom. The highest BCUT2D eigenvalue weighted by atomic mass is 16.5. The van der Waals surface area contributed by atoms with Crippen molar-refractivity contribution < 1.29 is 4.74 Å². The molecule has 0 amide bonds. The van der Waals surface area contributed by atoms with Gasteiger partial charge in [-0.3, -0.25) is 9.69 Å². The van der Waals surface area contributed by atoms with Crippen LogP contribution in [0.5, 0.6) is 5.75 Å². The highest BCUT2D eigenvalue weighted by Crippen LogP contribution is 2.26. The normalized spacial score (nSPS) is 12.2. The average molecular weight is 523 g/mol. The number of nitrogens with one attached hydrogen (secondary N) is 1. The first-order valence-corrected chi connectivity index (χ1v) is 13.4. The zero-order chi connectivity index (χ0) is 27.0. The molecule has 5 aromatic rings. The molecule has 2 heterocycles. The van der Waals surface area contributed by atoms with Crippen molar-refractivity contribution in [3.05, 3.63) is 118 Å². The van der Waals surface area contributed by atoms with Crippen molar-refractivity contribution in [2.45, 2.75) is 45.3 Å². The van der Waals surface area contributed by atoms with Gasteiger partial charge in [0.25, 0.3) is 5.56 Å². The molecular weight excluding hydrogens is 488 g/mol. The van der Waals surface area contributed by atoms with Crippen molar-refractivity contribution in [2.75, 3.05) is 13.7 Å². The Kier molecular flexibility index (Phi) is 8.43. The monoisotopic (exact) mass is 522 g/mol. The summed E-state index contributed by atoms with van der Waals surface area (Å²) in [6.45, 7) is 4.06. The fourth-order valence-corrected chi connectivity index (χ4v) is 5.05. The van der Waals surface area contributed by atoms with Crippen LogP contribution in [0, 0.1) is 0 Å². The lowest BCUT2D eigenvalue weighted by Crippen LogP contribution is -2.34. The summed E-state index contributed by atoms with van der Waals surface area (Å²) in [6.07, 6.45) is 2.49. The number of aromatic nitrogens is 5. The smallest absolute Gasteiger partial charge is 0.252 e. The summed E-state index contributed by atoms with van der Waals surface area (Å²) in [5.74, 6) is 1.57. The molecular formula is C31H34N6O2. The summed E-state index contributed by atoms with van der Waals surface area (Å²) < 4.78 is 7.32. The Hall–Kier alpha value is -4.30. The first-order chi connectivity index (χ1) is 19.1. The topological polar surface area (TPSA) is 88.9 Å². The van der Waals surface area contributed by atoms with Gasteiger partial charge in [-0.2, -0.15) is 0 Å². The van der Waals surface area contributed by atoms with Crippen LogP contribution in [-0.2, 0) is 25.9 Å². The Balaban J connectivity index is 1.45. The predicted molar refractivity (Wildman–Crippen MR) is 153 cm³/mol. The van der Waals surface area contributed by atoms with Crippen LogP contribution in [0.2, 0.25) is 0 Å². The average Bonchev–Trinajstić information content (AvgIpc) is 3.44. The Bertz CT molecular complexity index is 1550. The molecule has 1 unspecified atom stereocenters. The van der Waals surface area contributed by atoms with Crippen molar-refractivity contribution in [2.24, 2.45) is 0 Å². The van der Waals surface area contributed by atoms with Gasteiger partial charge in [0.15, 0.2) is 5.82 Å². The number of benzene rings is 3. The molecule has 0 aliphatic carbocycles. The van der Waals surface area contributed by atoms with E-state index in [1.165, 1.54) is 11.1 Å². The van der Waals surface area contributed by atoms with Gasteiger partial charge < -0.3 is 9.72 Å². The van der Waals surface area contributed by atoms with Crippen LogP contribution in [0.25, 0.3) is 10.9 Å². The lowest BCUT2D eigenvalue weighted by molar-refractivity contribution is 0.171. The minimum Gasteiger partial charge on any atom is -0.497 e. The lowest BCUT2D eigenvalue weighted by Gasteiger charge is -2.30. The molecule has 39 heavy (non-hydrogen) atoms. The van der Waals surface area contributed by atoms with Crippen molar-refractivity contribution in [1.82, 2.24) is 30.1 Å². The van der Waals surface area contributed by atoms with Gasteiger partial charge in [-0.1, -0.05) is 67.6 Å². The van der Waals surface area contributed by atoms with E-state index in [0.29, 0.717) is 18.7 Å². The summed E-state index contributed by atoms with van der Waals surface area (Å²) in [7, 11) is 1.65. The molecule has 3 aromatic carbocycles. The third-order valence-corrected chi connectivity index (χ3v) is 7.17. The molecule has 8 heteroatoms. The molecule has 2 aromatic heterocycles. The van der Waals surface area contributed by atoms with E-state index >= 15 is 0 Å². The zero-order valence-corrected chi connectivity index (χ0v) is 22.5. The first kappa shape index (κ1) is 26.3. The number of nitrogens with zero attached hydrogens (tertiary/aromatic N) is 5.